The maximum absolute atomic E-state index is 12.3. The van der Waals surface area contributed by atoms with Crippen molar-refractivity contribution in [3.05, 3.63) is 29.8 Å². The minimum absolute atomic E-state index is 0.261. The largest absolute Gasteiger partial charge is 0.497 e. The average Bonchev–Trinajstić information content (AvgIpc) is 2.98. The van der Waals surface area contributed by atoms with Crippen LogP contribution in [0.3, 0.4) is 0 Å². The zero-order valence-electron chi connectivity index (χ0n) is 12.4. The molecule has 1 aromatic rings. The Labute approximate surface area is 121 Å². The molecule has 20 heavy (non-hydrogen) atoms. The van der Waals surface area contributed by atoms with Gasteiger partial charge in [-0.3, -0.25) is 4.79 Å². The minimum atomic E-state index is 0.261. The summed E-state index contributed by atoms with van der Waals surface area (Å²) in [6, 6.07) is 7.92. The Bertz CT molecular complexity index is 425. The Balaban J connectivity index is 1.91. The Morgan fingerprint density at radius 3 is 2.70 bits per heavy atom. The highest BCUT2D eigenvalue weighted by Gasteiger charge is 2.21. The Morgan fingerprint density at radius 1 is 1.40 bits per heavy atom. The van der Waals surface area contributed by atoms with Crippen LogP contribution in [0.5, 0.6) is 5.75 Å². The van der Waals surface area contributed by atoms with Crippen LogP contribution in [0.4, 0.5) is 0 Å². The molecular formula is C16H24N2O2. The standard InChI is InChI=1S/C16H24N2O2/c1-3-18(16(19)10-14-8-9-17-11-14)12-13-4-6-15(20-2)7-5-13/h4-7,14,17H,3,8-12H2,1-2H3. The summed E-state index contributed by atoms with van der Waals surface area (Å²) in [5.41, 5.74) is 1.14. The second-order valence-electron chi connectivity index (χ2n) is 5.32. The fourth-order valence-corrected chi connectivity index (χ4v) is 2.59. The average molecular weight is 276 g/mol. The summed E-state index contributed by atoms with van der Waals surface area (Å²) in [6.45, 7) is 5.49. The lowest BCUT2D eigenvalue weighted by molar-refractivity contribution is -0.132. The van der Waals surface area contributed by atoms with Crippen molar-refractivity contribution in [2.24, 2.45) is 5.92 Å². The van der Waals surface area contributed by atoms with E-state index in [1.807, 2.05) is 36.1 Å². The van der Waals surface area contributed by atoms with Crippen molar-refractivity contribution >= 4 is 5.91 Å². The summed E-state index contributed by atoms with van der Waals surface area (Å²) < 4.78 is 5.15. The molecule has 1 N–H and O–H groups in total. The Hall–Kier alpha value is -1.55. The molecule has 1 fully saturated rings. The number of nitrogens with one attached hydrogen (secondary N) is 1. The molecule has 0 saturated carbocycles. The highest BCUT2D eigenvalue weighted by molar-refractivity contribution is 5.76. The molecule has 4 heteroatoms. The van der Waals surface area contributed by atoms with Gasteiger partial charge in [0, 0.05) is 19.5 Å². The van der Waals surface area contributed by atoms with Gasteiger partial charge < -0.3 is 15.0 Å². The van der Waals surface area contributed by atoms with Crippen LogP contribution in [-0.2, 0) is 11.3 Å². The van der Waals surface area contributed by atoms with Gasteiger partial charge in [-0.2, -0.15) is 0 Å². The summed E-state index contributed by atoms with van der Waals surface area (Å²) in [5.74, 6) is 1.62. The first-order chi connectivity index (χ1) is 9.72. The molecule has 1 amide bonds. The third kappa shape index (κ3) is 3.97. The molecule has 0 spiro atoms. The van der Waals surface area contributed by atoms with Crippen molar-refractivity contribution < 1.29 is 9.53 Å². The molecule has 1 saturated heterocycles. The van der Waals surface area contributed by atoms with Crippen LogP contribution in [0.15, 0.2) is 24.3 Å². The fourth-order valence-electron chi connectivity index (χ4n) is 2.59. The number of ether oxygens (including phenoxy) is 1. The van der Waals surface area contributed by atoms with Crippen LogP contribution < -0.4 is 10.1 Å². The zero-order valence-corrected chi connectivity index (χ0v) is 12.4. The highest BCUT2D eigenvalue weighted by atomic mass is 16.5. The summed E-state index contributed by atoms with van der Waals surface area (Å²) in [7, 11) is 1.66. The first-order valence-corrected chi connectivity index (χ1v) is 7.34. The highest BCUT2D eigenvalue weighted by Crippen LogP contribution is 2.17. The van der Waals surface area contributed by atoms with Crippen LogP contribution in [0.1, 0.15) is 25.3 Å². The maximum Gasteiger partial charge on any atom is 0.223 e. The lowest BCUT2D eigenvalue weighted by Gasteiger charge is -2.22. The number of rotatable bonds is 6. The van der Waals surface area contributed by atoms with E-state index in [0.29, 0.717) is 18.9 Å². The van der Waals surface area contributed by atoms with Gasteiger partial charge in [0.1, 0.15) is 5.75 Å². The van der Waals surface area contributed by atoms with Gasteiger partial charge >= 0.3 is 0 Å². The van der Waals surface area contributed by atoms with E-state index < -0.39 is 0 Å². The van der Waals surface area contributed by atoms with Crippen LogP contribution in [-0.4, -0.2) is 37.6 Å². The van der Waals surface area contributed by atoms with Gasteiger partial charge in [-0.05, 0) is 50.0 Å². The molecule has 0 bridgehead atoms. The summed E-state index contributed by atoms with van der Waals surface area (Å²) >= 11 is 0. The van der Waals surface area contributed by atoms with E-state index in [2.05, 4.69) is 5.32 Å². The maximum atomic E-state index is 12.3. The topological polar surface area (TPSA) is 41.6 Å². The van der Waals surface area contributed by atoms with E-state index in [0.717, 1.165) is 37.4 Å². The van der Waals surface area contributed by atoms with Gasteiger partial charge in [-0.25, -0.2) is 0 Å². The van der Waals surface area contributed by atoms with E-state index in [-0.39, 0.29) is 5.91 Å². The second-order valence-corrected chi connectivity index (χ2v) is 5.32. The molecular weight excluding hydrogens is 252 g/mol. The van der Waals surface area contributed by atoms with E-state index in [1.165, 1.54) is 0 Å². The molecule has 1 atom stereocenters. The molecule has 0 aromatic heterocycles. The van der Waals surface area contributed by atoms with Crippen LogP contribution in [0.25, 0.3) is 0 Å². The zero-order chi connectivity index (χ0) is 14.4. The predicted octanol–water partition coefficient (Wildman–Crippen LogP) is 2.04. The SMILES string of the molecule is CCN(Cc1ccc(OC)cc1)C(=O)CC1CCNC1. The molecule has 1 aliphatic rings. The second kappa shape index (κ2) is 7.29. The lowest BCUT2D eigenvalue weighted by atomic mass is 10.0. The number of benzene rings is 1. The fraction of sp³-hybridized carbons (Fsp3) is 0.562. The molecule has 110 valence electrons. The minimum Gasteiger partial charge on any atom is -0.497 e. The number of nitrogens with zero attached hydrogens (tertiary/aromatic N) is 1. The summed E-state index contributed by atoms with van der Waals surface area (Å²) in [6.07, 6.45) is 1.78. The number of carbonyl (C=O) groups excluding carboxylic acids is 1. The third-order valence-electron chi connectivity index (χ3n) is 3.89. The molecule has 0 radical (unpaired) electrons. The van der Waals surface area contributed by atoms with Gasteiger partial charge in [0.15, 0.2) is 0 Å². The summed E-state index contributed by atoms with van der Waals surface area (Å²) in [5, 5.41) is 3.31. The number of methoxy groups -OCH3 is 1. The summed E-state index contributed by atoms with van der Waals surface area (Å²) in [4.78, 5) is 14.3. The first-order valence-electron chi connectivity index (χ1n) is 7.34. The molecule has 2 rings (SSSR count). The van der Waals surface area contributed by atoms with Crippen LogP contribution in [0.2, 0.25) is 0 Å². The normalized spacial score (nSPS) is 18.0. The number of hydrogen-bond acceptors (Lipinski definition) is 3. The van der Waals surface area contributed by atoms with Gasteiger partial charge in [0.25, 0.3) is 0 Å². The molecule has 1 aliphatic heterocycles. The number of hydrogen-bond donors (Lipinski definition) is 1. The van der Waals surface area contributed by atoms with Crippen molar-refractivity contribution in [3.63, 3.8) is 0 Å². The van der Waals surface area contributed by atoms with Crippen molar-refractivity contribution in [1.82, 2.24) is 10.2 Å². The number of carbonyl (C=O) groups is 1. The monoisotopic (exact) mass is 276 g/mol. The van der Waals surface area contributed by atoms with Gasteiger partial charge in [-0.15, -0.1) is 0 Å². The van der Waals surface area contributed by atoms with E-state index in [4.69, 9.17) is 4.74 Å². The molecule has 0 aliphatic carbocycles. The third-order valence-corrected chi connectivity index (χ3v) is 3.89. The first kappa shape index (κ1) is 14.9. The van der Waals surface area contributed by atoms with Crippen molar-refractivity contribution in [2.45, 2.75) is 26.3 Å². The quantitative estimate of drug-likeness (QED) is 0.864. The van der Waals surface area contributed by atoms with Crippen LogP contribution >= 0.6 is 0 Å². The van der Waals surface area contributed by atoms with Gasteiger partial charge in [-0.1, -0.05) is 12.1 Å². The molecule has 4 nitrogen and oxygen atoms in total. The molecule has 1 unspecified atom stereocenters. The Morgan fingerprint density at radius 2 is 2.15 bits per heavy atom. The van der Waals surface area contributed by atoms with Crippen molar-refractivity contribution in [2.75, 3.05) is 26.7 Å². The molecule has 1 aromatic carbocycles. The predicted molar refractivity (Wildman–Crippen MR) is 79.7 cm³/mol. The van der Waals surface area contributed by atoms with Crippen molar-refractivity contribution in [3.8, 4) is 5.75 Å². The van der Waals surface area contributed by atoms with Crippen molar-refractivity contribution in [1.29, 1.82) is 0 Å². The van der Waals surface area contributed by atoms with E-state index in [1.54, 1.807) is 7.11 Å². The smallest absolute Gasteiger partial charge is 0.223 e. The lowest BCUT2D eigenvalue weighted by Crippen LogP contribution is -2.32. The van der Waals surface area contributed by atoms with Crippen LogP contribution in [0, 0.1) is 5.92 Å². The van der Waals surface area contributed by atoms with Gasteiger partial charge in [0.2, 0.25) is 5.91 Å². The van der Waals surface area contributed by atoms with Gasteiger partial charge in [0.05, 0.1) is 7.11 Å². The Kier molecular flexibility index (Phi) is 5.41. The van der Waals surface area contributed by atoms with E-state index in [9.17, 15) is 4.79 Å². The number of amides is 1. The molecule has 1 heterocycles. The van der Waals surface area contributed by atoms with E-state index >= 15 is 0 Å².